The number of hydrogen-bond acceptors (Lipinski definition) is 4. The molecule has 1 N–H and O–H groups in total. The van der Waals surface area contributed by atoms with Crippen molar-refractivity contribution in [1.29, 1.82) is 0 Å². The van der Waals surface area contributed by atoms with Crippen molar-refractivity contribution in [3.8, 4) is 17.3 Å². The number of ether oxygens (including phenoxy) is 1. The number of nitrogens with one attached hydrogen (secondary N) is 1. The zero-order valence-corrected chi connectivity index (χ0v) is 8.10. The molecule has 5 nitrogen and oxygen atoms in total. The summed E-state index contributed by atoms with van der Waals surface area (Å²) in [5.41, 5.74) is 1.27. The minimum atomic E-state index is 0.445. The fraction of sp³-hybridized carbons (Fsp3) is 0.100. The summed E-state index contributed by atoms with van der Waals surface area (Å²) in [6, 6.07) is 3.53. The number of rotatable bonds is 3. The second-order valence-corrected chi connectivity index (χ2v) is 2.89. The molecule has 76 valence electrons. The smallest absolute Gasteiger partial charge is 0.213 e. The molecule has 2 aromatic rings. The van der Waals surface area contributed by atoms with Crippen molar-refractivity contribution >= 4 is 6.29 Å². The van der Waals surface area contributed by atoms with Crippen LogP contribution in [-0.4, -0.2) is 28.3 Å². The van der Waals surface area contributed by atoms with Crippen LogP contribution < -0.4 is 4.74 Å². The number of aromatic nitrogens is 3. The third-order valence-electron chi connectivity index (χ3n) is 1.94. The molecule has 0 amide bonds. The molecule has 2 rings (SSSR count). The van der Waals surface area contributed by atoms with E-state index in [0.717, 1.165) is 11.8 Å². The molecule has 0 spiro atoms. The van der Waals surface area contributed by atoms with Gasteiger partial charge in [-0.05, 0) is 6.07 Å². The molecule has 2 heterocycles. The summed E-state index contributed by atoms with van der Waals surface area (Å²) in [4.78, 5) is 21.4. The molecule has 0 saturated carbocycles. The Morgan fingerprint density at radius 1 is 1.47 bits per heavy atom. The Morgan fingerprint density at radius 3 is 3.00 bits per heavy atom. The Labute approximate surface area is 86.1 Å². The lowest BCUT2D eigenvalue weighted by Crippen LogP contribution is -1.88. The number of pyridine rings is 1. The number of imidazole rings is 1. The minimum Gasteiger partial charge on any atom is -0.481 e. The van der Waals surface area contributed by atoms with Crippen LogP contribution >= 0.6 is 0 Å². The highest BCUT2D eigenvalue weighted by molar-refractivity contribution is 5.73. The Bertz CT molecular complexity index is 479. The molecule has 0 radical (unpaired) electrons. The molecule has 0 aliphatic heterocycles. The molecule has 5 heteroatoms. The number of aldehydes is 1. The number of carbonyl (C=O) groups is 1. The van der Waals surface area contributed by atoms with Crippen molar-refractivity contribution in [2.75, 3.05) is 7.11 Å². The topological polar surface area (TPSA) is 67.9 Å². The fourth-order valence-corrected chi connectivity index (χ4v) is 1.21. The first-order valence-electron chi connectivity index (χ1n) is 4.34. The summed E-state index contributed by atoms with van der Waals surface area (Å²) in [6.45, 7) is 0. The van der Waals surface area contributed by atoms with E-state index >= 15 is 0 Å². The van der Waals surface area contributed by atoms with Crippen LogP contribution in [0.3, 0.4) is 0 Å². The molecule has 0 aliphatic carbocycles. The number of methoxy groups -OCH3 is 1. The molecule has 2 aromatic heterocycles. The second-order valence-electron chi connectivity index (χ2n) is 2.89. The quantitative estimate of drug-likeness (QED) is 0.763. The first kappa shape index (κ1) is 9.39. The molecule has 0 unspecified atom stereocenters. The monoisotopic (exact) mass is 203 g/mol. The van der Waals surface area contributed by atoms with Crippen molar-refractivity contribution in [2.24, 2.45) is 0 Å². The highest BCUT2D eigenvalue weighted by atomic mass is 16.5. The first-order chi connectivity index (χ1) is 7.33. The molecular formula is C10H9N3O2. The van der Waals surface area contributed by atoms with Gasteiger partial charge in [-0.3, -0.25) is 4.79 Å². The third kappa shape index (κ3) is 1.85. The minimum absolute atomic E-state index is 0.445. The van der Waals surface area contributed by atoms with Gasteiger partial charge in [-0.2, -0.15) is 0 Å². The van der Waals surface area contributed by atoms with Crippen LogP contribution in [0.1, 0.15) is 10.5 Å². The maximum absolute atomic E-state index is 10.5. The molecule has 0 aliphatic rings. The van der Waals surface area contributed by atoms with Gasteiger partial charge in [0.15, 0.2) is 6.29 Å². The van der Waals surface area contributed by atoms with E-state index in [9.17, 15) is 4.79 Å². The van der Waals surface area contributed by atoms with Crippen LogP contribution in [0, 0.1) is 0 Å². The van der Waals surface area contributed by atoms with Gasteiger partial charge in [0.1, 0.15) is 5.82 Å². The van der Waals surface area contributed by atoms with Crippen molar-refractivity contribution in [3.63, 3.8) is 0 Å². The summed E-state index contributed by atoms with van der Waals surface area (Å²) in [5, 5.41) is 0. The largest absolute Gasteiger partial charge is 0.481 e. The van der Waals surface area contributed by atoms with Crippen LogP contribution in [-0.2, 0) is 0 Å². The maximum Gasteiger partial charge on any atom is 0.213 e. The van der Waals surface area contributed by atoms with Crippen molar-refractivity contribution in [1.82, 2.24) is 15.0 Å². The number of H-pyrrole nitrogens is 1. The van der Waals surface area contributed by atoms with Gasteiger partial charge in [0.25, 0.3) is 0 Å². The van der Waals surface area contributed by atoms with Gasteiger partial charge in [-0.15, -0.1) is 0 Å². The normalized spacial score (nSPS) is 9.93. The van der Waals surface area contributed by atoms with E-state index in [1.165, 1.54) is 6.20 Å². The zero-order chi connectivity index (χ0) is 10.7. The van der Waals surface area contributed by atoms with Crippen LogP contribution in [0.5, 0.6) is 5.88 Å². The van der Waals surface area contributed by atoms with Gasteiger partial charge < -0.3 is 9.72 Å². The van der Waals surface area contributed by atoms with Crippen LogP contribution in [0.4, 0.5) is 0 Å². The van der Waals surface area contributed by atoms with E-state index < -0.39 is 0 Å². The summed E-state index contributed by atoms with van der Waals surface area (Å²) >= 11 is 0. The SMILES string of the molecule is COc1cc(-c2ncc(C=O)[nH]2)ccn1. The summed E-state index contributed by atoms with van der Waals surface area (Å²) in [5.74, 6) is 1.13. The average molecular weight is 203 g/mol. The Balaban J connectivity index is 2.39. The standard InChI is InChI=1S/C10H9N3O2/c1-15-9-4-7(2-3-11-9)10-12-5-8(6-14)13-10/h2-6H,1H3,(H,12,13). The van der Waals surface area contributed by atoms with E-state index in [-0.39, 0.29) is 0 Å². The molecule has 0 atom stereocenters. The fourth-order valence-electron chi connectivity index (χ4n) is 1.21. The number of aromatic amines is 1. The van der Waals surface area contributed by atoms with Gasteiger partial charge in [-0.25, -0.2) is 9.97 Å². The van der Waals surface area contributed by atoms with Gasteiger partial charge in [0, 0.05) is 17.8 Å². The maximum atomic E-state index is 10.5. The Hall–Kier alpha value is -2.17. The zero-order valence-electron chi connectivity index (χ0n) is 8.10. The number of hydrogen-bond donors (Lipinski definition) is 1. The van der Waals surface area contributed by atoms with E-state index in [0.29, 0.717) is 17.4 Å². The highest BCUT2D eigenvalue weighted by Gasteiger charge is 2.04. The van der Waals surface area contributed by atoms with Gasteiger partial charge in [-0.1, -0.05) is 0 Å². The molecule has 0 saturated heterocycles. The van der Waals surface area contributed by atoms with Gasteiger partial charge in [0.2, 0.25) is 5.88 Å². The van der Waals surface area contributed by atoms with E-state index in [1.54, 1.807) is 25.4 Å². The van der Waals surface area contributed by atoms with Crippen LogP contribution in [0.2, 0.25) is 0 Å². The summed E-state index contributed by atoms with van der Waals surface area (Å²) in [7, 11) is 1.55. The summed E-state index contributed by atoms with van der Waals surface area (Å²) in [6.07, 6.45) is 3.82. The Kier molecular flexibility index (Phi) is 2.45. The van der Waals surface area contributed by atoms with E-state index in [4.69, 9.17) is 4.74 Å². The number of carbonyl (C=O) groups excluding carboxylic acids is 1. The average Bonchev–Trinajstić information content (AvgIpc) is 2.78. The third-order valence-corrected chi connectivity index (χ3v) is 1.94. The van der Waals surface area contributed by atoms with Crippen LogP contribution in [0.15, 0.2) is 24.5 Å². The predicted molar refractivity (Wildman–Crippen MR) is 53.8 cm³/mol. The van der Waals surface area contributed by atoms with E-state index in [2.05, 4.69) is 15.0 Å². The second kappa shape index (κ2) is 3.91. The van der Waals surface area contributed by atoms with Crippen molar-refractivity contribution < 1.29 is 9.53 Å². The molecule has 0 aromatic carbocycles. The van der Waals surface area contributed by atoms with Crippen LogP contribution in [0.25, 0.3) is 11.4 Å². The molecule has 0 fully saturated rings. The van der Waals surface area contributed by atoms with Gasteiger partial charge in [0.05, 0.1) is 19.0 Å². The lowest BCUT2D eigenvalue weighted by Gasteiger charge is -2.00. The van der Waals surface area contributed by atoms with Gasteiger partial charge >= 0.3 is 0 Å². The van der Waals surface area contributed by atoms with Crippen molar-refractivity contribution in [2.45, 2.75) is 0 Å². The first-order valence-corrected chi connectivity index (χ1v) is 4.34. The predicted octanol–water partition coefficient (Wildman–Crippen LogP) is 1.29. The Morgan fingerprint density at radius 2 is 2.33 bits per heavy atom. The molecule has 15 heavy (non-hydrogen) atoms. The highest BCUT2D eigenvalue weighted by Crippen LogP contribution is 2.18. The lowest BCUT2D eigenvalue weighted by molar-refractivity contribution is 0.111. The summed E-state index contributed by atoms with van der Waals surface area (Å²) < 4.78 is 4.99. The lowest BCUT2D eigenvalue weighted by atomic mass is 10.2. The molecular weight excluding hydrogens is 194 g/mol. The number of nitrogens with zero attached hydrogens (tertiary/aromatic N) is 2. The van der Waals surface area contributed by atoms with Crippen molar-refractivity contribution in [3.05, 3.63) is 30.2 Å². The van der Waals surface area contributed by atoms with E-state index in [1.807, 2.05) is 0 Å². The molecule has 0 bridgehead atoms.